The molecule has 19 heavy (non-hydrogen) atoms. The van der Waals surface area contributed by atoms with Gasteiger partial charge >= 0.3 is 0 Å². The number of nitrogens with zero attached hydrogens (tertiary/aromatic N) is 5. The molecule has 0 bridgehead atoms. The van der Waals surface area contributed by atoms with Gasteiger partial charge in [-0.05, 0) is 13.6 Å². The van der Waals surface area contributed by atoms with E-state index in [2.05, 4.69) is 31.7 Å². The molecule has 0 atom stereocenters. The molecule has 0 spiro atoms. The van der Waals surface area contributed by atoms with Crippen LogP contribution in [0.15, 0.2) is 41.0 Å². The van der Waals surface area contributed by atoms with E-state index in [1.165, 1.54) is 6.34 Å². The molecule has 0 aliphatic carbocycles. The molecular weight excluding hydrogens is 240 g/mol. The van der Waals surface area contributed by atoms with Gasteiger partial charge in [-0.3, -0.25) is 9.98 Å². The molecule has 0 unspecified atom stereocenters. The first-order valence-corrected chi connectivity index (χ1v) is 5.75. The molecule has 0 amide bonds. The van der Waals surface area contributed by atoms with Crippen molar-refractivity contribution in [2.24, 2.45) is 9.98 Å². The third-order valence-electron chi connectivity index (χ3n) is 2.94. The molecule has 0 aliphatic heterocycles. The van der Waals surface area contributed by atoms with Crippen molar-refractivity contribution < 1.29 is 0 Å². The number of imidazole rings is 1. The second-order valence-corrected chi connectivity index (χ2v) is 4.07. The lowest BCUT2D eigenvalue weighted by Crippen LogP contribution is -1.89. The van der Waals surface area contributed by atoms with E-state index in [1.54, 1.807) is 12.4 Å². The smallest absolute Gasteiger partial charge is 0.155 e. The predicted molar refractivity (Wildman–Crippen MR) is 75.2 cm³/mol. The first-order valence-electron chi connectivity index (χ1n) is 5.75. The summed E-state index contributed by atoms with van der Waals surface area (Å²) in [5.74, 6) is 0.759. The van der Waals surface area contributed by atoms with Crippen LogP contribution in [-0.2, 0) is 0 Å². The summed E-state index contributed by atoms with van der Waals surface area (Å²) >= 11 is 0. The Morgan fingerprint density at radius 2 is 2.32 bits per heavy atom. The zero-order valence-corrected chi connectivity index (χ0v) is 10.4. The van der Waals surface area contributed by atoms with Crippen LogP contribution in [0.2, 0.25) is 0 Å². The van der Waals surface area contributed by atoms with Gasteiger partial charge in [-0.1, -0.05) is 0 Å². The van der Waals surface area contributed by atoms with E-state index < -0.39 is 0 Å². The predicted octanol–water partition coefficient (Wildman–Crippen LogP) is 2.39. The van der Waals surface area contributed by atoms with Crippen LogP contribution in [0.25, 0.3) is 16.9 Å². The van der Waals surface area contributed by atoms with E-state index in [9.17, 15) is 0 Å². The lowest BCUT2D eigenvalue weighted by molar-refractivity contribution is 1.13. The Balaban J connectivity index is 2.08. The summed E-state index contributed by atoms with van der Waals surface area (Å²) in [7, 11) is 0. The van der Waals surface area contributed by atoms with E-state index in [1.807, 2.05) is 29.9 Å². The maximum absolute atomic E-state index is 4.41. The minimum Gasteiger partial charge on any atom is -0.346 e. The lowest BCUT2D eigenvalue weighted by Gasteiger charge is -2.00. The number of rotatable bonds is 3. The molecule has 0 saturated heterocycles. The first kappa shape index (κ1) is 11.3. The normalized spacial score (nSPS) is 11.4. The zero-order chi connectivity index (χ0) is 13.2. The van der Waals surface area contributed by atoms with Gasteiger partial charge in [-0.25, -0.2) is 9.98 Å². The third-order valence-corrected chi connectivity index (χ3v) is 2.94. The van der Waals surface area contributed by atoms with Gasteiger partial charge in [0.1, 0.15) is 12.2 Å². The fraction of sp³-hybridized carbons (Fsp3) is 0.0769. The van der Waals surface area contributed by atoms with Crippen molar-refractivity contribution in [2.45, 2.75) is 6.92 Å². The summed E-state index contributed by atoms with van der Waals surface area (Å²) in [6.45, 7) is 5.35. The molecule has 0 radical (unpaired) electrons. The summed E-state index contributed by atoms with van der Waals surface area (Å²) in [5, 5.41) is 0. The fourth-order valence-electron chi connectivity index (χ4n) is 1.95. The number of fused-ring (bicyclic) bond motifs is 1. The van der Waals surface area contributed by atoms with Crippen LogP contribution in [-0.4, -0.2) is 32.4 Å². The van der Waals surface area contributed by atoms with E-state index in [0.29, 0.717) is 0 Å². The molecule has 0 aliphatic rings. The number of hydrogen-bond acceptors (Lipinski definition) is 3. The molecule has 3 aromatic rings. The number of aromatic nitrogens is 4. The monoisotopic (exact) mass is 252 g/mol. The highest BCUT2D eigenvalue weighted by atomic mass is 15.0. The Morgan fingerprint density at radius 3 is 3.16 bits per heavy atom. The van der Waals surface area contributed by atoms with Crippen LogP contribution >= 0.6 is 0 Å². The van der Waals surface area contributed by atoms with E-state index in [-0.39, 0.29) is 0 Å². The lowest BCUT2D eigenvalue weighted by atomic mass is 10.1. The summed E-state index contributed by atoms with van der Waals surface area (Å²) in [6.07, 6.45) is 10.6. The van der Waals surface area contributed by atoms with Crippen molar-refractivity contribution in [3.05, 3.63) is 36.5 Å². The van der Waals surface area contributed by atoms with Crippen molar-refractivity contribution in [1.29, 1.82) is 0 Å². The molecule has 3 rings (SSSR count). The van der Waals surface area contributed by atoms with Gasteiger partial charge in [0.2, 0.25) is 0 Å². The second kappa shape index (κ2) is 4.49. The number of hydrogen-bond donors (Lipinski definition) is 1. The van der Waals surface area contributed by atoms with Gasteiger partial charge in [-0.2, -0.15) is 0 Å². The SMILES string of the molecule is C=NC=Nc1[nH]cc(-c2cn3ccnc3cn2)c1C. The highest BCUT2D eigenvalue weighted by Gasteiger charge is 2.10. The van der Waals surface area contributed by atoms with Crippen LogP contribution in [0, 0.1) is 6.92 Å². The van der Waals surface area contributed by atoms with Gasteiger partial charge in [0.15, 0.2) is 5.65 Å². The van der Waals surface area contributed by atoms with Crippen molar-refractivity contribution >= 4 is 24.5 Å². The average molecular weight is 252 g/mol. The summed E-state index contributed by atoms with van der Waals surface area (Å²) in [6, 6.07) is 0. The van der Waals surface area contributed by atoms with Crippen LogP contribution in [0.3, 0.4) is 0 Å². The molecule has 0 aromatic carbocycles. The maximum atomic E-state index is 4.41. The highest BCUT2D eigenvalue weighted by molar-refractivity contribution is 5.72. The van der Waals surface area contributed by atoms with Crippen molar-refractivity contribution in [2.75, 3.05) is 0 Å². The molecule has 94 valence electrons. The molecule has 3 heterocycles. The van der Waals surface area contributed by atoms with Gasteiger partial charge in [-0.15, -0.1) is 0 Å². The van der Waals surface area contributed by atoms with Gasteiger partial charge < -0.3 is 9.38 Å². The first-order chi connectivity index (χ1) is 9.29. The Hall–Kier alpha value is -2.76. The minimum atomic E-state index is 0.759. The third kappa shape index (κ3) is 1.93. The Labute approximate surface area is 109 Å². The number of aromatic amines is 1. The van der Waals surface area contributed by atoms with Crippen LogP contribution < -0.4 is 0 Å². The Bertz CT molecular complexity index is 764. The molecule has 3 aromatic heterocycles. The molecule has 0 saturated carbocycles. The summed E-state index contributed by atoms with van der Waals surface area (Å²) in [5.41, 5.74) is 3.72. The number of nitrogens with one attached hydrogen (secondary N) is 1. The van der Waals surface area contributed by atoms with E-state index in [0.717, 1.165) is 28.3 Å². The summed E-state index contributed by atoms with van der Waals surface area (Å²) < 4.78 is 1.93. The zero-order valence-electron chi connectivity index (χ0n) is 10.4. The highest BCUT2D eigenvalue weighted by Crippen LogP contribution is 2.28. The maximum Gasteiger partial charge on any atom is 0.155 e. The van der Waals surface area contributed by atoms with Gasteiger partial charge in [0, 0.05) is 35.9 Å². The van der Waals surface area contributed by atoms with Gasteiger partial charge in [0.25, 0.3) is 0 Å². The van der Waals surface area contributed by atoms with Crippen LogP contribution in [0.5, 0.6) is 0 Å². The van der Waals surface area contributed by atoms with Crippen molar-refractivity contribution in [1.82, 2.24) is 19.4 Å². The van der Waals surface area contributed by atoms with E-state index >= 15 is 0 Å². The molecule has 6 heteroatoms. The van der Waals surface area contributed by atoms with Crippen molar-refractivity contribution in [3.8, 4) is 11.3 Å². The van der Waals surface area contributed by atoms with Crippen LogP contribution in [0.4, 0.5) is 5.82 Å². The Morgan fingerprint density at radius 1 is 1.42 bits per heavy atom. The largest absolute Gasteiger partial charge is 0.346 e. The quantitative estimate of drug-likeness (QED) is 0.574. The average Bonchev–Trinajstić information content (AvgIpc) is 3.02. The molecule has 1 N–H and O–H groups in total. The second-order valence-electron chi connectivity index (χ2n) is 4.07. The minimum absolute atomic E-state index is 0.759. The Kier molecular flexibility index (Phi) is 2.68. The molecule has 0 fully saturated rings. The fourth-order valence-corrected chi connectivity index (χ4v) is 1.95. The molecule has 6 nitrogen and oxygen atoms in total. The number of aliphatic imine (C=N–C) groups is 2. The number of H-pyrrole nitrogens is 1. The molecular formula is C13H12N6. The van der Waals surface area contributed by atoms with E-state index in [4.69, 9.17) is 0 Å². The summed E-state index contributed by atoms with van der Waals surface area (Å²) in [4.78, 5) is 19.4. The standard InChI is InChI=1S/C13H12N6/c1-9-10(5-17-13(9)18-8-14-2)11-7-19-4-3-15-12(19)6-16-11/h3-8,17H,2H2,1H3. The van der Waals surface area contributed by atoms with Crippen LogP contribution in [0.1, 0.15) is 5.56 Å². The topological polar surface area (TPSA) is 70.7 Å². The van der Waals surface area contributed by atoms with Gasteiger partial charge in [0.05, 0.1) is 11.9 Å². The van der Waals surface area contributed by atoms with Crippen molar-refractivity contribution in [3.63, 3.8) is 0 Å².